The van der Waals surface area contributed by atoms with Crippen molar-refractivity contribution in [1.82, 2.24) is 25.9 Å². The highest BCUT2D eigenvalue weighted by molar-refractivity contribution is 7.54. The molecule has 0 saturated carbocycles. The van der Waals surface area contributed by atoms with Gasteiger partial charge in [-0.3, -0.25) is 5.32 Å². The van der Waals surface area contributed by atoms with Crippen LogP contribution in [0.1, 0.15) is 17.4 Å². The number of ether oxygens (including phenoxy) is 2. The molecule has 1 heterocycles. The molecule has 0 saturated heterocycles. The third kappa shape index (κ3) is 7.51. The summed E-state index contributed by atoms with van der Waals surface area (Å²) >= 11 is 0. The highest BCUT2D eigenvalue weighted by atomic mass is 31.2. The second-order valence-corrected chi connectivity index (χ2v) is 11.0. The molecular weight excluding hydrogens is 541 g/mol. The summed E-state index contributed by atoms with van der Waals surface area (Å²) in [7, 11) is -0.735. The first-order chi connectivity index (χ1) is 20.0. The van der Waals surface area contributed by atoms with Crippen LogP contribution in [-0.2, 0) is 11.0 Å². The number of benzene rings is 4. The normalized spacial score (nSPS) is 12.0. The van der Waals surface area contributed by atoms with Crippen molar-refractivity contribution >= 4 is 7.60 Å². The van der Waals surface area contributed by atoms with Gasteiger partial charge in [-0.05, 0) is 57.8 Å². The molecule has 10 nitrogen and oxygen atoms in total. The third-order valence-corrected chi connectivity index (χ3v) is 7.84. The predicted octanol–water partition coefficient (Wildman–Crippen LogP) is 6.07. The van der Waals surface area contributed by atoms with E-state index in [4.69, 9.17) is 18.5 Å². The minimum Gasteiger partial charge on any atom is -0.497 e. The van der Waals surface area contributed by atoms with Crippen LogP contribution in [0.3, 0.4) is 0 Å². The molecule has 0 aliphatic rings. The Balaban J connectivity index is 1.37. The van der Waals surface area contributed by atoms with E-state index in [1.165, 1.54) is 0 Å². The Labute approximate surface area is 238 Å². The minimum atomic E-state index is -3.84. The lowest BCUT2D eigenvalue weighted by Crippen LogP contribution is -2.27. The van der Waals surface area contributed by atoms with Gasteiger partial charge in [-0.15, -0.1) is 5.10 Å². The summed E-state index contributed by atoms with van der Waals surface area (Å²) in [5, 5.41) is 17.7. The van der Waals surface area contributed by atoms with E-state index in [2.05, 4.69) is 62.3 Å². The van der Waals surface area contributed by atoms with Crippen molar-refractivity contribution in [2.45, 2.75) is 12.5 Å². The van der Waals surface area contributed by atoms with Gasteiger partial charge in [0.15, 0.2) is 5.82 Å². The number of tetrazole rings is 1. The number of hydrogen-bond acceptors (Lipinski definition) is 9. The van der Waals surface area contributed by atoms with Crippen molar-refractivity contribution < 1.29 is 23.1 Å². The molecule has 0 aliphatic heterocycles. The monoisotopic (exact) mass is 571 g/mol. The molecule has 0 fully saturated rings. The highest BCUT2D eigenvalue weighted by Crippen LogP contribution is 2.49. The van der Waals surface area contributed by atoms with Crippen LogP contribution in [0.25, 0.3) is 11.1 Å². The molecule has 5 aromatic rings. The molecule has 0 spiro atoms. The smallest absolute Gasteiger partial charge is 0.444 e. The number of nitrogens with one attached hydrogen (secondary N) is 2. The molecule has 0 bridgehead atoms. The van der Waals surface area contributed by atoms with Crippen molar-refractivity contribution in [1.29, 1.82) is 0 Å². The Morgan fingerprint density at radius 2 is 1.34 bits per heavy atom. The molecule has 5 rings (SSSR count). The van der Waals surface area contributed by atoms with Crippen molar-refractivity contribution in [2.24, 2.45) is 0 Å². The quantitative estimate of drug-likeness (QED) is 0.162. The molecule has 0 aliphatic carbocycles. The Kier molecular flexibility index (Phi) is 8.93. The van der Waals surface area contributed by atoms with Crippen LogP contribution in [0.5, 0.6) is 23.0 Å². The molecule has 4 aromatic carbocycles. The summed E-state index contributed by atoms with van der Waals surface area (Å²) in [4.78, 5) is 0. The van der Waals surface area contributed by atoms with Crippen LogP contribution in [0.15, 0.2) is 103 Å². The number of nitrogens with zero attached hydrogens (tertiary/aromatic N) is 3. The van der Waals surface area contributed by atoms with Crippen molar-refractivity contribution in [3.8, 4) is 34.1 Å². The zero-order valence-corrected chi connectivity index (χ0v) is 23.5. The van der Waals surface area contributed by atoms with E-state index in [0.29, 0.717) is 35.2 Å². The predicted molar refractivity (Wildman–Crippen MR) is 155 cm³/mol. The third-order valence-electron chi connectivity index (χ3n) is 6.30. The molecule has 2 N–H and O–H groups in total. The van der Waals surface area contributed by atoms with Crippen molar-refractivity contribution in [3.63, 3.8) is 0 Å². The van der Waals surface area contributed by atoms with Gasteiger partial charge in [-0.1, -0.05) is 66.7 Å². The standard InChI is InChI=1S/C30H30N5O5P/c1-37-25-10-6-12-27(19-25)39-41(36,40-28-13-7-11-26(20-28)38-2)21-31-29(30-32-34-35-33-30)18-22-14-16-24(17-15-22)23-8-4-3-5-9-23/h3-17,19-20,29,31H,18,21H2,1-2H3,(H,32,33,34,35)/t29-/m0/s1. The molecule has 11 heteroatoms. The lowest BCUT2D eigenvalue weighted by molar-refractivity contribution is 0.369. The van der Waals surface area contributed by atoms with E-state index in [-0.39, 0.29) is 6.29 Å². The van der Waals surface area contributed by atoms with Crippen LogP contribution in [-0.4, -0.2) is 41.1 Å². The number of H-pyrrole nitrogens is 1. The maximum Gasteiger partial charge on any atom is 0.444 e. The van der Waals surface area contributed by atoms with Crippen LogP contribution >= 0.6 is 7.60 Å². The molecule has 0 unspecified atom stereocenters. The van der Waals surface area contributed by atoms with Gasteiger partial charge in [0.2, 0.25) is 0 Å². The first-order valence-electron chi connectivity index (χ1n) is 12.9. The summed E-state index contributed by atoms with van der Waals surface area (Å²) in [5.41, 5.74) is 3.29. The van der Waals surface area contributed by atoms with Crippen LogP contribution in [0, 0.1) is 0 Å². The second-order valence-electron chi connectivity index (χ2n) is 9.12. The summed E-state index contributed by atoms with van der Waals surface area (Å²) in [6.07, 6.45) is 0.374. The second kappa shape index (κ2) is 13.1. The molecular formula is C30H30N5O5P. The van der Waals surface area contributed by atoms with Crippen molar-refractivity contribution in [3.05, 3.63) is 115 Å². The molecule has 210 valence electrons. The van der Waals surface area contributed by atoms with Gasteiger partial charge in [0.1, 0.15) is 29.3 Å². The number of hydrogen-bond donors (Lipinski definition) is 2. The fourth-order valence-corrected chi connectivity index (χ4v) is 5.70. The lowest BCUT2D eigenvalue weighted by Gasteiger charge is -2.23. The van der Waals surface area contributed by atoms with Gasteiger partial charge in [-0.25, -0.2) is 9.66 Å². The minimum absolute atomic E-state index is 0.144. The van der Waals surface area contributed by atoms with Gasteiger partial charge in [-0.2, -0.15) is 0 Å². The average molecular weight is 572 g/mol. The zero-order chi connectivity index (χ0) is 28.5. The highest BCUT2D eigenvalue weighted by Gasteiger charge is 2.31. The van der Waals surface area contributed by atoms with E-state index >= 15 is 0 Å². The fraction of sp³-hybridized carbons (Fsp3) is 0.167. The maximum atomic E-state index is 14.2. The topological polar surface area (TPSA) is 120 Å². The van der Waals surface area contributed by atoms with E-state index in [0.717, 1.165) is 16.7 Å². The summed E-state index contributed by atoms with van der Waals surface area (Å²) < 4.78 is 36.8. The Morgan fingerprint density at radius 1 is 0.756 bits per heavy atom. The fourth-order valence-electron chi connectivity index (χ4n) is 4.22. The van der Waals surface area contributed by atoms with Crippen molar-refractivity contribution in [2.75, 3.05) is 20.5 Å². The molecule has 0 radical (unpaired) electrons. The van der Waals surface area contributed by atoms with Gasteiger partial charge in [0, 0.05) is 12.1 Å². The van der Waals surface area contributed by atoms with Gasteiger partial charge in [0.25, 0.3) is 0 Å². The molecule has 0 amide bonds. The summed E-state index contributed by atoms with van der Waals surface area (Å²) in [5.74, 6) is 2.30. The maximum absolute atomic E-state index is 14.2. The van der Waals surface area contributed by atoms with Gasteiger partial charge < -0.3 is 18.5 Å². The number of rotatable bonds is 13. The summed E-state index contributed by atoms with van der Waals surface area (Å²) in [6, 6.07) is 31.7. The van der Waals surface area contributed by atoms with Gasteiger partial charge >= 0.3 is 7.60 Å². The molecule has 41 heavy (non-hydrogen) atoms. The average Bonchev–Trinajstić information content (AvgIpc) is 3.55. The van der Waals surface area contributed by atoms with Crippen LogP contribution < -0.4 is 23.8 Å². The zero-order valence-electron chi connectivity index (χ0n) is 22.6. The van der Waals surface area contributed by atoms with E-state index in [1.54, 1.807) is 62.8 Å². The molecule has 1 aromatic heterocycles. The Bertz CT molecular complexity index is 1530. The Hall–Kier alpha value is -4.66. The van der Waals surface area contributed by atoms with Crippen LogP contribution in [0.2, 0.25) is 0 Å². The first-order valence-corrected chi connectivity index (χ1v) is 14.6. The van der Waals surface area contributed by atoms with E-state index in [1.807, 2.05) is 18.2 Å². The Morgan fingerprint density at radius 3 is 1.90 bits per heavy atom. The largest absolute Gasteiger partial charge is 0.497 e. The number of methoxy groups -OCH3 is 2. The van der Waals surface area contributed by atoms with Crippen LogP contribution in [0.4, 0.5) is 0 Å². The molecule has 1 atom stereocenters. The number of aromatic nitrogens is 4. The van der Waals surface area contributed by atoms with Gasteiger partial charge in [0.05, 0.1) is 20.3 Å². The van der Waals surface area contributed by atoms with E-state index in [9.17, 15) is 4.57 Å². The van der Waals surface area contributed by atoms with E-state index < -0.39 is 13.6 Å². The summed E-state index contributed by atoms with van der Waals surface area (Å²) in [6.45, 7) is 0. The lowest BCUT2D eigenvalue weighted by atomic mass is 10.0. The number of aromatic amines is 1. The first kappa shape index (κ1) is 27.9. The SMILES string of the molecule is COc1cccc(OP(=O)(CN[C@@H](Cc2ccc(-c3ccccc3)cc2)c2nnn[nH]2)Oc2cccc(OC)c2)c1.